The number of nitro groups is 1. The van der Waals surface area contributed by atoms with Gasteiger partial charge in [0.1, 0.15) is 17.1 Å². The highest BCUT2D eigenvalue weighted by atomic mass is 19.1. The largest absolute Gasteiger partial charge is 0.417 e. The molecule has 0 spiro atoms. The maximum absolute atomic E-state index is 13.0. The van der Waals surface area contributed by atoms with E-state index in [4.69, 9.17) is 4.74 Å². The molecule has 0 aromatic heterocycles. The van der Waals surface area contributed by atoms with Gasteiger partial charge in [0.15, 0.2) is 0 Å². The summed E-state index contributed by atoms with van der Waals surface area (Å²) < 4.78 is 18.1. The van der Waals surface area contributed by atoms with E-state index in [9.17, 15) is 19.3 Å². The lowest BCUT2D eigenvalue weighted by molar-refractivity contribution is -0.385. The molecule has 0 unspecified atom stereocenters. The molecular weight excluding hydrogens is 363 g/mol. The fourth-order valence-electron chi connectivity index (χ4n) is 2.28. The lowest BCUT2D eigenvalue weighted by Gasteiger charge is -2.07. The molecule has 0 aliphatic carbocycles. The third-order valence-electron chi connectivity index (χ3n) is 3.58. The highest BCUT2D eigenvalue weighted by Crippen LogP contribution is 2.22. The van der Waals surface area contributed by atoms with Gasteiger partial charge in [0, 0.05) is 17.3 Å². The van der Waals surface area contributed by atoms with Gasteiger partial charge in [0.2, 0.25) is 0 Å². The van der Waals surface area contributed by atoms with Crippen LogP contribution in [-0.4, -0.2) is 11.0 Å². The first kappa shape index (κ1) is 18.6. The number of nitrogens with one attached hydrogen (secondary N) is 1. The number of amides is 1. The Kier molecular flexibility index (Phi) is 5.63. The zero-order valence-corrected chi connectivity index (χ0v) is 14.4. The highest BCUT2D eigenvalue weighted by molar-refractivity contribution is 5.87. The van der Waals surface area contributed by atoms with Crippen LogP contribution in [0.2, 0.25) is 0 Å². The second kappa shape index (κ2) is 8.47. The number of benzene rings is 3. The van der Waals surface area contributed by atoms with Crippen molar-refractivity contribution in [1.29, 1.82) is 0 Å². The summed E-state index contributed by atoms with van der Waals surface area (Å²) in [5, 5.41) is 13.7. The van der Waals surface area contributed by atoms with E-state index < -0.39 is 16.8 Å². The fourth-order valence-corrected chi connectivity index (χ4v) is 2.28. The molecule has 0 heterocycles. The van der Waals surface area contributed by atoms with Gasteiger partial charge in [-0.1, -0.05) is 30.0 Å². The van der Waals surface area contributed by atoms with Crippen LogP contribution >= 0.6 is 0 Å². The summed E-state index contributed by atoms with van der Waals surface area (Å²) in [6, 6.07) is 17.9. The van der Waals surface area contributed by atoms with Crippen molar-refractivity contribution >= 4 is 17.5 Å². The molecule has 0 saturated heterocycles. The molecule has 1 N–H and O–H groups in total. The number of halogens is 1. The monoisotopic (exact) mass is 376 g/mol. The molecule has 28 heavy (non-hydrogen) atoms. The summed E-state index contributed by atoms with van der Waals surface area (Å²) in [4.78, 5) is 22.6. The van der Waals surface area contributed by atoms with Crippen molar-refractivity contribution in [3.8, 4) is 17.6 Å². The van der Waals surface area contributed by atoms with Gasteiger partial charge in [-0.3, -0.25) is 15.4 Å². The number of hydrogen-bond donors (Lipinski definition) is 1. The number of rotatable bonds is 3. The number of carbonyl (C=O) groups excluding carboxylic acids is 1. The van der Waals surface area contributed by atoms with Gasteiger partial charge in [-0.25, -0.2) is 9.18 Å². The van der Waals surface area contributed by atoms with Gasteiger partial charge in [-0.05, 0) is 48.5 Å². The van der Waals surface area contributed by atoms with Gasteiger partial charge < -0.3 is 4.74 Å². The lowest BCUT2D eigenvalue weighted by Crippen LogP contribution is -2.16. The molecule has 3 aromatic carbocycles. The van der Waals surface area contributed by atoms with E-state index in [1.54, 1.807) is 30.3 Å². The predicted octanol–water partition coefficient (Wildman–Crippen LogP) is 4.74. The maximum atomic E-state index is 13.0. The van der Waals surface area contributed by atoms with Gasteiger partial charge in [-0.15, -0.1) is 0 Å². The molecule has 3 rings (SSSR count). The molecule has 0 fully saturated rings. The van der Waals surface area contributed by atoms with Crippen LogP contribution in [0.25, 0.3) is 0 Å². The van der Waals surface area contributed by atoms with E-state index in [-0.39, 0.29) is 16.9 Å². The molecule has 0 aliphatic rings. The average Bonchev–Trinajstić information content (AvgIpc) is 2.68. The molecular formula is C21H13FN2O4. The SMILES string of the molecule is O=C(Nc1ccc([N+](=O)[O-])c(C#Cc2ccc(F)cc2)c1)Oc1ccccc1. The van der Waals surface area contributed by atoms with Crippen LogP contribution in [-0.2, 0) is 0 Å². The van der Waals surface area contributed by atoms with E-state index in [2.05, 4.69) is 17.2 Å². The first-order valence-electron chi connectivity index (χ1n) is 8.11. The van der Waals surface area contributed by atoms with Crippen LogP contribution in [0, 0.1) is 27.8 Å². The minimum Gasteiger partial charge on any atom is -0.410 e. The predicted molar refractivity (Wildman–Crippen MR) is 102 cm³/mol. The summed E-state index contributed by atoms with van der Waals surface area (Å²) in [5.41, 5.74) is 0.677. The summed E-state index contributed by atoms with van der Waals surface area (Å²) >= 11 is 0. The molecule has 0 atom stereocenters. The number of para-hydroxylation sites is 1. The highest BCUT2D eigenvalue weighted by Gasteiger charge is 2.14. The molecule has 6 nitrogen and oxygen atoms in total. The third-order valence-corrected chi connectivity index (χ3v) is 3.58. The van der Waals surface area contributed by atoms with Crippen molar-refractivity contribution in [3.63, 3.8) is 0 Å². The van der Waals surface area contributed by atoms with Crippen molar-refractivity contribution < 1.29 is 18.8 Å². The van der Waals surface area contributed by atoms with Crippen LogP contribution < -0.4 is 10.1 Å². The number of nitrogens with zero attached hydrogens (tertiary/aromatic N) is 1. The van der Waals surface area contributed by atoms with Crippen molar-refractivity contribution in [2.24, 2.45) is 0 Å². The molecule has 0 radical (unpaired) electrons. The molecule has 138 valence electrons. The number of ether oxygens (including phenoxy) is 1. The Morgan fingerprint density at radius 3 is 2.39 bits per heavy atom. The number of anilines is 1. The number of nitro benzene ring substituents is 1. The Morgan fingerprint density at radius 2 is 1.71 bits per heavy atom. The Hall–Kier alpha value is -4.18. The Bertz CT molecular complexity index is 1070. The average molecular weight is 376 g/mol. The molecule has 7 heteroatoms. The molecule has 0 saturated carbocycles. The number of carbonyl (C=O) groups is 1. The van der Waals surface area contributed by atoms with Crippen molar-refractivity contribution in [2.45, 2.75) is 0 Å². The van der Waals surface area contributed by atoms with E-state index in [0.717, 1.165) is 0 Å². The smallest absolute Gasteiger partial charge is 0.410 e. The van der Waals surface area contributed by atoms with Crippen molar-refractivity contribution in [2.75, 3.05) is 5.32 Å². The lowest BCUT2D eigenvalue weighted by atomic mass is 10.1. The summed E-state index contributed by atoms with van der Waals surface area (Å²) in [6.07, 6.45) is -0.738. The van der Waals surface area contributed by atoms with Crippen LogP contribution in [0.5, 0.6) is 5.75 Å². The Balaban J connectivity index is 1.82. The first-order valence-corrected chi connectivity index (χ1v) is 8.11. The van der Waals surface area contributed by atoms with Gasteiger partial charge in [0.05, 0.1) is 4.92 Å². The molecule has 3 aromatic rings. The van der Waals surface area contributed by atoms with Crippen molar-refractivity contribution in [3.05, 3.63) is 99.9 Å². The van der Waals surface area contributed by atoms with E-state index in [1.807, 2.05) is 0 Å². The third kappa shape index (κ3) is 4.93. The van der Waals surface area contributed by atoms with Gasteiger partial charge >= 0.3 is 6.09 Å². The molecule has 0 aliphatic heterocycles. The zero-order valence-electron chi connectivity index (χ0n) is 14.4. The zero-order chi connectivity index (χ0) is 19.9. The maximum Gasteiger partial charge on any atom is 0.417 e. The Labute approximate surface area is 159 Å². The summed E-state index contributed by atoms with van der Waals surface area (Å²) in [7, 11) is 0. The minimum atomic E-state index is -0.738. The Morgan fingerprint density at radius 1 is 1.00 bits per heavy atom. The van der Waals surface area contributed by atoms with Gasteiger partial charge in [-0.2, -0.15) is 0 Å². The minimum absolute atomic E-state index is 0.104. The first-order chi connectivity index (χ1) is 13.5. The summed E-state index contributed by atoms with van der Waals surface area (Å²) in [6.45, 7) is 0. The fraction of sp³-hybridized carbons (Fsp3) is 0. The van der Waals surface area contributed by atoms with E-state index >= 15 is 0 Å². The molecule has 0 bridgehead atoms. The van der Waals surface area contributed by atoms with Crippen LogP contribution in [0.1, 0.15) is 11.1 Å². The normalized spacial score (nSPS) is 9.75. The van der Waals surface area contributed by atoms with Crippen LogP contribution in [0.4, 0.5) is 20.6 Å². The summed E-state index contributed by atoms with van der Waals surface area (Å²) in [5.74, 6) is 5.38. The second-order valence-corrected chi connectivity index (χ2v) is 5.57. The molecule has 1 amide bonds. The van der Waals surface area contributed by atoms with E-state index in [1.165, 1.54) is 42.5 Å². The van der Waals surface area contributed by atoms with Crippen LogP contribution in [0.3, 0.4) is 0 Å². The topological polar surface area (TPSA) is 81.5 Å². The number of hydrogen-bond acceptors (Lipinski definition) is 4. The van der Waals surface area contributed by atoms with Crippen LogP contribution in [0.15, 0.2) is 72.8 Å². The standard InChI is InChI=1S/C21H13FN2O4/c22-17-10-7-15(8-11-17)6-9-16-14-18(12-13-20(16)24(26)27)23-21(25)28-19-4-2-1-3-5-19/h1-5,7-8,10-14H,(H,23,25). The van der Waals surface area contributed by atoms with Crippen molar-refractivity contribution in [1.82, 2.24) is 0 Å². The van der Waals surface area contributed by atoms with E-state index in [0.29, 0.717) is 11.3 Å². The quantitative estimate of drug-likeness (QED) is 0.406. The van der Waals surface area contributed by atoms with Gasteiger partial charge in [0.25, 0.3) is 5.69 Å². The second-order valence-electron chi connectivity index (χ2n) is 5.57.